The summed E-state index contributed by atoms with van der Waals surface area (Å²) in [6, 6.07) is 0. The van der Waals surface area contributed by atoms with Crippen LogP contribution in [0.4, 0.5) is 0 Å². The molecular formula is C20H32O5S3. The van der Waals surface area contributed by atoms with Gasteiger partial charge in [-0.05, 0) is 56.4 Å². The normalized spacial score (nSPS) is 46.8. The lowest BCUT2D eigenvalue weighted by atomic mass is 9.53. The maximum Gasteiger partial charge on any atom is 0.312 e. The van der Waals surface area contributed by atoms with E-state index < -0.39 is 5.79 Å². The van der Waals surface area contributed by atoms with Gasteiger partial charge in [0.1, 0.15) is 11.2 Å². The Balaban J connectivity index is 0.000000750. The molecule has 0 aromatic carbocycles. The molecule has 5 atom stereocenters. The maximum atomic E-state index is 12.5. The number of rotatable bonds is 0. The zero-order valence-electron chi connectivity index (χ0n) is 16.3. The minimum absolute atomic E-state index is 0. The first-order chi connectivity index (χ1) is 12.0. The number of carbonyl (C=O) groups excluding carboxylic acids is 1. The van der Waals surface area contributed by atoms with Gasteiger partial charge >= 0.3 is 5.97 Å². The molecule has 3 aliphatic carbocycles. The van der Waals surface area contributed by atoms with Crippen molar-refractivity contribution in [2.24, 2.45) is 17.3 Å². The van der Waals surface area contributed by atoms with E-state index in [1.807, 2.05) is 0 Å². The van der Waals surface area contributed by atoms with Crippen LogP contribution in [0.1, 0.15) is 51.9 Å². The number of fused-ring (bicyclic) bond motifs is 3. The molecule has 0 unspecified atom stereocenters. The zero-order valence-corrected chi connectivity index (χ0v) is 19.3. The third-order valence-corrected chi connectivity index (χ3v) is 8.19. The van der Waals surface area contributed by atoms with Crippen LogP contribution < -0.4 is 0 Å². The summed E-state index contributed by atoms with van der Waals surface area (Å²) in [6.07, 6.45) is 9.07. The number of ether oxygens (including phenoxy) is 4. The van der Waals surface area contributed by atoms with Crippen molar-refractivity contribution in [3.05, 3.63) is 11.6 Å². The molecule has 5 nitrogen and oxygen atoms in total. The van der Waals surface area contributed by atoms with Gasteiger partial charge in [0.05, 0.1) is 25.2 Å². The monoisotopic (exact) mass is 448 g/mol. The Hall–Kier alpha value is 0.140. The van der Waals surface area contributed by atoms with Crippen LogP contribution in [-0.4, -0.2) is 42.8 Å². The van der Waals surface area contributed by atoms with Crippen LogP contribution in [0.2, 0.25) is 0 Å². The maximum absolute atomic E-state index is 12.5. The molecule has 5 fully saturated rings. The summed E-state index contributed by atoms with van der Waals surface area (Å²) in [4.78, 5) is 12.5. The lowest BCUT2D eigenvalue weighted by Gasteiger charge is -2.51. The van der Waals surface area contributed by atoms with Gasteiger partial charge in [-0.2, -0.15) is 40.5 Å². The average Bonchev–Trinajstić information content (AvgIpc) is 3.09. The molecule has 28 heavy (non-hydrogen) atoms. The van der Waals surface area contributed by atoms with E-state index in [1.165, 1.54) is 5.57 Å². The molecule has 160 valence electrons. The average molecular weight is 449 g/mol. The van der Waals surface area contributed by atoms with Crippen molar-refractivity contribution in [2.45, 2.75) is 68.9 Å². The van der Waals surface area contributed by atoms with Crippen LogP contribution in [-0.2, 0) is 23.7 Å². The number of cyclic esters (lactones) is 1. The number of allylic oxidation sites excluding steroid dienone is 1. The van der Waals surface area contributed by atoms with E-state index >= 15 is 0 Å². The van der Waals surface area contributed by atoms with E-state index in [4.69, 9.17) is 18.9 Å². The Morgan fingerprint density at radius 3 is 2.50 bits per heavy atom. The van der Waals surface area contributed by atoms with Crippen LogP contribution in [0, 0.1) is 17.3 Å². The van der Waals surface area contributed by atoms with Crippen molar-refractivity contribution in [3.8, 4) is 0 Å². The Labute approximate surface area is 187 Å². The summed E-state index contributed by atoms with van der Waals surface area (Å²) in [5.41, 5.74) is 0.967. The third-order valence-electron chi connectivity index (χ3n) is 8.19. The molecule has 0 N–H and O–H groups in total. The smallest absolute Gasteiger partial charge is 0.312 e. The van der Waals surface area contributed by atoms with Gasteiger partial charge in [-0.25, -0.2) is 0 Å². The van der Waals surface area contributed by atoms with Crippen LogP contribution in [0.3, 0.4) is 0 Å². The van der Waals surface area contributed by atoms with Gasteiger partial charge in [0.25, 0.3) is 0 Å². The van der Waals surface area contributed by atoms with E-state index in [0.29, 0.717) is 31.7 Å². The number of carbonyl (C=O) groups is 1. The first-order valence-electron chi connectivity index (χ1n) is 9.89. The largest absolute Gasteiger partial charge is 0.465 e. The molecule has 0 aromatic heterocycles. The predicted octanol–water partition coefficient (Wildman–Crippen LogP) is 3.07. The van der Waals surface area contributed by atoms with Crippen LogP contribution in [0.25, 0.3) is 0 Å². The van der Waals surface area contributed by atoms with E-state index in [0.717, 1.165) is 44.9 Å². The summed E-state index contributed by atoms with van der Waals surface area (Å²) in [7, 11) is 0. The molecule has 1 spiro atoms. The van der Waals surface area contributed by atoms with Crippen molar-refractivity contribution in [2.75, 3.05) is 19.8 Å². The topological polar surface area (TPSA) is 57.3 Å². The highest BCUT2D eigenvalue weighted by atomic mass is 32.1. The van der Waals surface area contributed by atoms with Gasteiger partial charge < -0.3 is 18.9 Å². The van der Waals surface area contributed by atoms with Crippen molar-refractivity contribution >= 4 is 46.5 Å². The number of hydrogen-bond donors (Lipinski definition) is 0. The molecule has 2 saturated carbocycles. The highest BCUT2D eigenvalue weighted by molar-refractivity contribution is 7.59. The van der Waals surface area contributed by atoms with Crippen molar-refractivity contribution < 1.29 is 23.7 Å². The Kier molecular flexibility index (Phi) is 5.78. The minimum Gasteiger partial charge on any atom is -0.465 e. The lowest BCUT2D eigenvalue weighted by Crippen LogP contribution is -2.54. The Bertz CT molecular complexity index is 693. The molecule has 0 radical (unpaired) electrons. The second-order valence-electron chi connectivity index (χ2n) is 9.17. The van der Waals surface area contributed by atoms with Crippen LogP contribution in [0.15, 0.2) is 11.6 Å². The highest BCUT2D eigenvalue weighted by Gasteiger charge is 2.79. The number of hydrogen-bond acceptors (Lipinski definition) is 5. The lowest BCUT2D eigenvalue weighted by molar-refractivity contribution is -0.185. The summed E-state index contributed by atoms with van der Waals surface area (Å²) >= 11 is 0. The van der Waals surface area contributed by atoms with Gasteiger partial charge in [0.2, 0.25) is 0 Å². The first kappa shape index (κ1) is 22.8. The molecule has 0 amide bonds. The molecule has 0 bridgehead atoms. The molecule has 8 heteroatoms. The predicted molar refractivity (Wildman–Crippen MR) is 119 cm³/mol. The van der Waals surface area contributed by atoms with Crippen molar-refractivity contribution in [1.29, 1.82) is 0 Å². The summed E-state index contributed by atoms with van der Waals surface area (Å²) in [5, 5.41) is 0. The standard InChI is InChI=1S/C20H26O5.3H2S/c1-17-5-3-15-13(14(17)4-9-22-16(17)21)2-6-18-12-19(23-10-11-24-19)7-8-20(15,18)25-18;;;/h3,13-14H,2,4-12H2,1H3;3*1H2/t13-,14-,17-,18+,20+;;;/m0.../s1. The minimum atomic E-state index is -0.398. The molecular weight excluding hydrogens is 416 g/mol. The zero-order chi connectivity index (χ0) is 16.9. The number of esters is 1. The Morgan fingerprint density at radius 1 is 1.00 bits per heavy atom. The van der Waals surface area contributed by atoms with Gasteiger partial charge in [0.15, 0.2) is 5.79 Å². The molecule has 0 aromatic rings. The van der Waals surface area contributed by atoms with Crippen molar-refractivity contribution in [3.63, 3.8) is 0 Å². The summed E-state index contributed by atoms with van der Waals surface area (Å²) in [5.74, 6) is 0.480. The van der Waals surface area contributed by atoms with Crippen LogP contribution >= 0.6 is 40.5 Å². The summed E-state index contributed by atoms with van der Waals surface area (Å²) < 4.78 is 23.9. The van der Waals surface area contributed by atoms with E-state index in [1.54, 1.807) is 0 Å². The molecule has 3 heterocycles. The molecule has 3 saturated heterocycles. The second kappa shape index (κ2) is 7.09. The van der Waals surface area contributed by atoms with Gasteiger partial charge in [-0.1, -0.05) is 6.08 Å². The van der Waals surface area contributed by atoms with Crippen LogP contribution in [0.5, 0.6) is 0 Å². The van der Waals surface area contributed by atoms with E-state index in [-0.39, 0.29) is 63.1 Å². The van der Waals surface area contributed by atoms with Crippen molar-refractivity contribution in [1.82, 2.24) is 0 Å². The van der Waals surface area contributed by atoms with E-state index in [9.17, 15) is 4.79 Å². The molecule has 3 aliphatic heterocycles. The number of epoxide rings is 1. The van der Waals surface area contributed by atoms with Gasteiger partial charge in [-0.3, -0.25) is 4.79 Å². The van der Waals surface area contributed by atoms with E-state index in [2.05, 4.69) is 13.0 Å². The second-order valence-corrected chi connectivity index (χ2v) is 9.17. The first-order valence-corrected chi connectivity index (χ1v) is 9.89. The molecule has 6 rings (SSSR count). The third kappa shape index (κ3) is 2.64. The quantitative estimate of drug-likeness (QED) is 0.324. The highest BCUT2D eigenvalue weighted by Crippen LogP contribution is 2.72. The van der Waals surface area contributed by atoms with Gasteiger partial charge in [0, 0.05) is 12.8 Å². The Morgan fingerprint density at radius 2 is 1.75 bits per heavy atom. The molecule has 6 aliphatic rings. The summed E-state index contributed by atoms with van der Waals surface area (Å²) in [6.45, 7) is 4.09. The fourth-order valence-corrected chi connectivity index (χ4v) is 6.90. The SMILES string of the molecule is C[C@]12CC=C3[C@@H](CC[C@@]45CC6(CC[C@@]34O5)OCCO6)[C@@H]1CCOC2=O.S.S.S. The fourth-order valence-electron chi connectivity index (χ4n) is 6.90. The fraction of sp³-hybridized carbons (Fsp3) is 0.850. The van der Waals surface area contributed by atoms with Gasteiger partial charge in [-0.15, -0.1) is 0 Å².